The molecule has 0 N–H and O–H groups in total. The number of carbonyl (C=O) groups excluding carboxylic acids is 1. The number of benzene rings is 1. The predicted molar refractivity (Wildman–Crippen MR) is 91.9 cm³/mol. The van der Waals surface area contributed by atoms with Gasteiger partial charge in [0.2, 0.25) is 0 Å². The monoisotopic (exact) mass is 284 g/mol. The van der Waals surface area contributed by atoms with Gasteiger partial charge in [0.05, 0.1) is 0 Å². The molecule has 0 saturated carbocycles. The molecule has 1 atom stereocenters. The minimum absolute atomic E-state index is 0.129. The first kappa shape index (κ1) is 17.4. The van der Waals surface area contributed by atoms with E-state index in [1.807, 2.05) is 12.1 Å². The van der Waals surface area contributed by atoms with E-state index in [9.17, 15) is 4.79 Å². The first-order chi connectivity index (χ1) is 9.90. The second-order valence-corrected chi connectivity index (χ2v) is 6.19. The van der Waals surface area contributed by atoms with Crippen LogP contribution in [0.4, 0.5) is 0 Å². The average Bonchev–Trinajstić information content (AvgIpc) is 2.44. The molecule has 0 fully saturated rings. The quantitative estimate of drug-likeness (QED) is 0.438. The number of hydrogen-bond acceptors (Lipinski definition) is 1. The second kappa shape index (κ2) is 8.61. The Hall–Kier alpha value is -1.63. The maximum absolute atomic E-state index is 11.3. The SMILES string of the molecule is CC(=O)c1ccc(C(C)C/C=C(\C)CCC=C(C)C)cc1. The first-order valence-corrected chi connectivity index (χ1v) is 7.80. The highest BCUT2D eigenvalue weighted by molar-refractivity contribution is 5.94. The summed E-state index contributed by atoms with van der Waals surface area (Å²) in [6, 6.07) is 8.01. The van der Waals surface area contributed by atoms with Crippen molar-refractivity contribution in [2.75, 3.05) is 0 Å². The molecular weight excluding hydrogens is 256 g/mol. The van der Waals surface area contributed by atoms with Crippen molar-refractivity contribution < 1.29 is 4.79 Å². The maximum Gasteiger partial charge on any atom is 0.159 e. The molecule has 0 aliphatic rings. The van der Waals surface area contributed by atoms with E-state index in [-0.39, 0.29) is 5.78 Å². The van der Waals surface area contributed by atoms with Gasteiger partial charge in [-0.1, -0.05) is 54.5 Å². The Balaban J connectivity index is 2.54. The first-order valence-electron chi connectivity index (χ1n) is 7.80. The van der Waals surface area contributed by atoms with Crippen LogP contribution in [0, 0.1) is 0 Å². The Morgan fingerprint density at radius 3 is 2.19 bits per heavy atom. The summed E-state index contributed by atoms with van der Waals surface area (Å²) in [6.07, 6.45) is 7.97. The van der Waals surface area contributed by atoms with Gasteiger partial charge in [0.25, 0.3) is 0 Å². The molecule has 0 heterocycles. The Bertz CT molecular complexity index is 513. The minimum atomic E-state index is 0.129. The van der Waals surface area contributed by atoms with Crippen LogP contribution >= 0.6 is 0 Å². The molecule has 0 aliphatic heterocycles. The molecule has 0 spiro atoms. The summed E-state index contributed by atoms with van der Waals surface area (Å²) in [6.45, 7) is 10.3. The van der Waals surface area contributed by atoms with Gasteiger partial charge in [-0.25, -0.2) is 0 Å². The Kier molecular flexibility index (Phi) is 7.14. The van der Waals surface area contributed by atoms with Gasteiger partial charge in [-0.05, 0) is 58.4 Å². The number of hydrogen-bond donors (Lipinski definition) is 0. The molecule has 1 unspecified atom stereocenters. The van der Waals surface area contributed by atoms with Crippen LogP contribution in [0.1, 0.15) is 75.7 Å². The van der Waals surface area contributed by atoms with E-state index < -0.39 is 0 Å². The van der Waals surface area contributed by atoms with Gasteiger partial charge < -0.3 is 0 Å². The van der Waals surface area contributed by atoms with Crippen molar-refractivity contribution in [1.82, 2.24) is 0 Å². The van der Waals surface area contributed by atoms with E-state index in [0.717, 1.165) is 24.8 Å². The molecule has 0 radical (unpaired) electrons. The van der Waals surface area contributed by atoms with Gasteiger partial charge in [-0.2, -0.15) is 0 Å². The lowest BCUT2D eigenvalue weighted by molar-refractivity contribution is 0.101. The second-order valence-electron chi connectivity index (χ2n) is 6.19. The van der Waals surface area contributed by atoms with Crippen LogP contribution in [-0.2, 0) is 0 Å². The molecule has 1 nitrogen and oxygen atoms in total. The van der Waals surface area contributed by atoms with Crippen molar-refractivity contribution in [2.24, 2.45) is 0 Å². The van der Waals surface area contributed by atoms with Crippen LogP contribution in [0.2, 0.25) is 0 Å². The lowest BCUT2D eigenvalue weighted by Crippen LogP contribution is -1.96. The Morgan fingerprint density at radius 2 is 1.67 bits per heavy atom. The van der Waals surface area contributed by atoms with Crippen LogP contribution in [0.3, 0.4) is 0 Å². The number of ketones is 1. The average molecular weight is 284 g/mol. The van der Waals surface area contributed by atoms with Crippen molar-refractivity contribution in [1.29, 1.82) is 0 Å². The zero-order chi connectivity index (χ0) is 15.8. The molecule has 114 valence electrons. The van der Waals surface area contributed by atoms with Crippen molar-refractivity contribution in [3.63, 3.8) is 0 Å². The fourth-order valence-corrected chi connectivity index (χ4v) is 2.25. The molecule has 0 saturated heterocycles. The summed E-state index contributed by atoms with van der Waals surface area (Å²) in [5.74, 6) is 0.619. The number of rotatable bonds is 7. The van der Waals surface area contributed by atoms with E-state index >= 15 is 0 Å². The topological polar surface area (TPSA) is 17.1 Å². The highest BCUT2D eigenvalue weighted by atomic mass is 16.1. The maximum atomic E-state index is 11.3. The van der Waals surface area contributed by atoms with Gasteiger partial charge >= 0.3 is 0 Å². The molecule has 1 rings (SSSR count). The van der Waals surface area contributed by atoms with E-state index in [2.05, 4.69) is 52.0 Å². The lowest BCUT2D eigenvalue weighted by atomic mass is 9.95. The molecule has 21 heavy (non-hydrogen) atoms. The molecule has 1 aromatic carbocycles. The van der Waals surface area contributed by atoms with E-state index in [4.69, 9.17) is 0 Å². The standard InChI is InChI=1S/C20H28O/c1-15(2)7-6-8-16(3)9-10-17(4)19-11-13-20(14-12-19)18(5)21/h7,9,11-14,17H,6,8,10H2,1-5H3/b16-9+. The fourth-order valence-electron chi connectivity index (χ4n) is 2.25. The summed E-state index contributed by atoms with van der Waals surface area (Å²) in [5.41, 5.74) is 4.94. The van der Waals surface area contributed by atoms with Gasteiger partial charge in [0.15, 0.2) is 5.78 Å². The summed E-state index contributed by atoms with van der Waals surface area (Å²) in [4.78, 5) is 11.3. The van der Waals surface area contributed by atoms with Gasteiger partial charge in [-0.3, -0.25) is 4.79 Å². The normalized spacial score (nSPS) is 12.9. The van der Waals surface area contributed by atoms with Gasteiger partial charge in [-0.15, -0.1) is 0 Å². The zero-order valence-electron chi connectivity index (χ0n) is 14.1. The minimum Gasteiger partial charge on any atom is -0.295 e. The van der Waals surface area contributed by atoms with Crippen LogP contribution in [-0.4, -0.2) is 5.78 Å². The highest BCUT2D eigenvalue weighted by Crippen LogP contribution is 2.21. The van der Waals surface area contributed by atoms with Crippen molar-refractivity contribution >= 4 is 5.78 Å². The number of Topliss-reactive ketones (excluding diaryl/α,β-unsaturated/α-hetero) is 1. The van der Waals surface area contributed by atoms with E-state index in [1.165, 1.54) is 16.7 Å². The fraction of sp³-hybridized carbons (Fsp3) is 0.450. The highest BCUT2D eigenvalue weighted by Gasteiger charge is 2.05. The van der Waals surface area contributed by atoms with Gasteiger partial charge in [0, 0.05) is 5.56 Å². The molecule has 1 aromatic rings. The Labute approximate surface area is 129 Å². The molecule has 0 amide bonds. The molecular formula is C20H28O. The van der Waals surface area contributed by atoms with Crippen molar-refractivity contribution in [3.8, 4) is 0 Å². The third-order valence-corrected chi connectivity index (χ3v) is 3.80. The van der Waals surface area contributed by atoms with Crippen LogP contribution in [0.15, 0.2) is 47.6 Å². The summed E-state index contributed by atoms with van der Waals surface area (Å²) in [7, 11) is 0. The van der Waals surface area contributed by atoms with Crippen molar-refractivity contribution in [2.45, 2.75) is 59.8 Å². The van der Waals surface area contributed by atoms with Crippen LogP contribution < -0.4 is 0 Å². The molecule has 0 aliphatic carbocycles. The zero-order valence-corrected chi connectivity index (χ0v) is 14.1. The Morgan fingerprint density at radius 1 is 1.05 bits per heavy atom. The van der Waals surface area contributed by atoms with Crippen LogP contribution in [0.5, 0.6) is 0 Å². The molecule has 1 heteroatoms. The smallest absolute Gasteiger partial charge is 0.159 e. The largest absolute Gasteiger partial charge is 0.295 e. The van der Waals surface area contributed by atoms with Gasteiger partial charge in [0.1, 0.15) is 0 Å². The number of carbonyl (C=O) groups is 1. The van der Waals surface area contributed by atoms with E-state index in [0.29, 0.717) is 5.92 Å². The summed E-state index contributed by atoms with van der Waals surface area (Å²) in [5, 5.41) is 0. The molecule has 0 bridgehead atoms. The van der Waals surface area contributed by atoms with Crippen LogP contribution in [0.25, 0.3) is 0 Å². The van der Waals surface area contributed by atoms with E-state index in [1.54, 1.807) is 6.92 Å². The molecule has 0 aromatic heterocycles. The lowest BCUT2D eigenvalue weighted by Gasteiger charge is -2.10. The third-order valence-electron chi connectivity index (χ3n) is 3.80. The third kappa shape index (κ3) is 6.57. The summed E-state index contributed by atoms with van der Waals surface area (Å²) >= 11 is 0. The summed E-state index contributed by atoms with van der Waals surface area (Å²) < 4.78 is 0. The van der Waals surface area contributed by atoms with Crippen molar-refractivity contribution in [3.05, 3.63) is 58.7 Å². The predicted octanol–water partition coefficient (Wildman–Crippen LogP) is 6.08. The number of allylic oxidation sites excluding steroid dienone is 4.